The van der Waals surface area contributed by atoms with Crippen molar-refractivity contribution in [3.05, 3.63) is 38.9 Å². The zero-order valence-corrected chi connectivity index (χ0v) is 13.4. The van der Waals surface area contributed by atoms with Gasteiger partial charge in [0.15, 0.2) is 0 Å². The number of carbonyl (C=O) groups is 2. The van der Waals surface area contributed by atoms with Crippen LogP contribution >= 0.6 is 11.6 Å². The first-order valence-electron chi connectivity index (χ1n) is 7.34. The molecule has 8 heteroatoms. The normalized spacial score (nSPS) is 15.3. The predicted octanol–water partition coefficient (Wildman–Crippen LogP) is 2.66. The number of hydrogen-bond acceptors (Lipinski definition) is 5. The lowest BCUT2D eigenvalue weighted by Gasteiger charge is -2.30. The molecule has 1 aliphatic heterocycles. The molecule has 1 fully saturated rings. The molecule has 1 aromatic rings. The Morgan fingerprint density at radius 3 is 2.61 bits per heavy atom. The van der Waals surface area contributed by atoms with Gasteiger partial charge in [0.05, 0.1) is 17.4 Å². The van der Waals surface area contributed by atoms with E-state index in [-0.39, 0.29) is 28.2 Å². The van der Waals surface area contributed by atoms with Crippen LogP contribution < -0.4 is 0 Å². The number of halogens is 1. The lowest BCUT2D eigenvalue weighted by Crippen LogP contribution is -2.40. The second-order valence-electron chi connectivity index (χ2n) is 5.24. The summed E-state index contributed by atoms with van der Waals surface area (Å²) in [6, 6.07) is 3.91. The fourth-order valence-corrected chi connectivity index (χ4v) is 2.76. The van der Waals surface area contributed by atoms with Crippen LogP contribution in [0.15, 0.2) is 18.2 Å². The van der Waals surface area contributed by atoms with Crippen LogP contribution in [0.25, 0.3) is 0 Å². The Balaban J connectivity index is 2.10. The Labute approximate surface area is 138 Å². The monoisotopic (exact) mass is 340 g/mol. The molecule has 0 unspecified atom stereocenters. The third kappa shape index (κ3) is 3.98. The van der Waals surface area contributed by atoms with Gasteiger partial charge in [0.1, 0.15) is 5.56 Å². The molecular formula is C15H17ClN2O5. The number of likely N-dealkylation sites (tertiary alicyclic amines) is 1. The molecule has 0 atom stereocenters. The van der Waals surface area contributed by atoms with Gasteiger partial charge in [-0.2, -0.15) is 0 Å². The highest BCUT2D eigenvalue weighted by Crippen LogP contribution is 2.26. The van der Waals surface area contributed by atoms with Crippen molar-refractivity contribution in [2.45, 2.75) is 19.8 Å². The minimum atomic E-state index is -0.602. The molecule has 7 nitrogen and oxygen atoms in total. The average molecular weight is 341 g/mol. The van der Waals surface area contributed by atoms with E-state index in [9.17, 15) is 19.7 Å². The Morgan fingerprint density at radius 1 is 1.39 bits per heavy atom. The van der Waals surface area contributed by atoms with E-state index in [1.807, 2.05) is 0 Å². The van der Waals surface area contributed by atoms with Crippen molar-refractivity contribution < 1.29 is 19.2 Å². The van der Waals surface area contributed by atoms with Gasteiger partial charge in [0.2, 0.25) is 0 Å². The first-order valence-corrected chi connectivity index (χ1v) is 7.71. The first-order chi connectivity index (χ1) is 10.9. The summed E-state index contributed by atoms with van der Waals surface area (Å²) in [7, 11) is 0. The predicted molar refractivity (Wildman–Crippen MR) is 83.4 cm³/mol. The highest BCUT2D eigenvalue weighted by molar-refractivity contribution is 6.31. The van der Waals surface area contributed by atoms with Crippen LogP contribution in [0, 0.1) is 16.0 Å². The van der Waals surface area contributed by atoms with Gasteiger partial charge in [-0.05, 0) is 31.9 Å². The molecule has 0 N–H and O–H groups in total. The Kier molecular flexibility index (Phi) is 5.54. The quantitative estimate of drug-likeness (QED) is 0.477. The van der Waals surface area contributed by atoms with Crippen molar-refractivity contribution >= 4 is 29.2 Å². The standard InChI is InChI=1S/C15H17ClN2O5/c1-2-23-15(20)10-5-7-17(8-6-10)14(19)12-9-11(16)3-4-13(12)18(21)22/h3-4,9-10H,2,5-8H2,1H3. The van der Waals surface area contributed by atoms with Gasteiger partial charge >= 0.3 is 5.97 Å². The van der Waals surface area contributed by atoms with Crippen LogP contribution in [-0.2, 0) is 9.53 Å². The number of rotatable bonds is 4. The minimum Gasteiger partial charge on any atom is -0.466 e. The van der Waals surface area contributed by atoms with Crippen LogP contribution in [0.4, 0.5) is 5.69 Å². The van der Waals surface area contributed by atoms with Crippen molar-refractivity contribution in [2.75, 3.05) is 19.7 Å². The number of carbonyl (C=O) groups excluding carboxylic acids is 2. The largest absolute Gasteiger partial charge is 0.466 e. The van der Waals surface area contributed by atoms with E-state index >= 15 is 0 Å². The third-order valence-electron chi connectivity index (χ3n) is 3.79. The molecule has 1 heterocycles. The molecule has 0 saturated carbocycles. The Bertz CT molecular complexity index is 626. The molecule has 0 aromatic heterocycles. The topological polar surface area (TPSA) is 89.8 Å². The number of piperidine rings is 1. The van der Waals surface area contributed by atoms with Crippen LogP contribution in [0.1, 0.15) is 30.1 Å². The molecule has 0 spiro atoms. The summed E-state index contributed by atoms with van der Waals surface area (Å²) in [5.74, 6) is -0.928. The van der Waals surface area contributed by atoms with Crippen molar-refractivity contribution in [2.24, 2.45) is 5.92 Å². The molecule has 1 saturated heterocycles. The maximum Gasteiger partial charge on any atom is 0.309 e. The van der Waals surface area contributed by atoms with Crippen molar-refractivity contribution in [1.29, 1.82) is 0 Å². The summed E-state index contributed by atoms with van der Waals surface area (Å²) in [4.78, 5) is 36.2. The van der Waals surface area contributed by atoms with E-state index in [1.165, 1.54) is 23.1 Å². The molecule has 1 amide bonds. The van der Waals surface area contributed by atoms with Gasteiger partial charge in [-0.15, -0.1) is 0 Å². The number of esters is 1. The smallest absolute Gasteiger partial charge is 0.309 e. The van der Waals surface area contributed by atoms with Crippen LogP contribution in [-0.4, -0.2) is 41.4 Å². The zero-order valence-electron chi connectivity index (χ0n) is 12.7. The molecule has 1 aromatic carbocycles. The fraction of sp³-hybridized carbons (Fsp3) is 0.467. The second kappa shape index (κ2) is 7.41. The van der Waals surface area contributed by atoms with E-state index in [0.717, 1.165) is 0 Å². The Morgan fingerprint density at radius 2 is 2.04 bits per heavy atom. The van der Waals surface area contributed by atoms with Gasteiger partial charge in [-0.25, -0.2) is 0 Å². The summed E-state index contributed by atoms with van der Waals surface area (Å²) in [5, 5.41) is 11.3. The minimum absolute atomic E-state index is 0.0305. The van der Waals surface area contributed by atoms with Crippen molar-refractivity contribution in [1.82, 2.24) is 4.90 Å². The zero-order chi connectivity index (χ0) is 17.0. The van der Waals surface area contributed by atoms with E-state index < -0.39 is 10.8 Å². The van der Waals surface area contributed by atoms with Crippen molar-refractivity contribution in [3.63, 3.8) is 0 Å². The van der Waals surface area contributed by atoms with Crippen LogP contribution in [0.5, 0.6) is 0 Å². The molecule has 2 rings (SSSR count). The van der Waals surface area contributed by atoms with Gasteiger partial charge in [-0.1, -0.05) is 11.6 Å². The number of ether oxygens (including phenoxy) is 1. The summed E-state index contributed by atoms with van der Waals surface area (Å²) in [6.07, 6.45) is 0.970. The number of nitro groups is 1. The van der Waals surface area contributed by atoms with Crippen LogP contribution in [0.2, 0.25) is 5.02 Å². The number of amides is 1. The third-order valence-corrected chi connectivity index (χ3v) is 4.02. The summed E-state index contributed by atoms with van der Waals surface area (Å²) < 4.78 is 4.98. The van der Waals surface area contributed by atoms with Gasteiger partial charge in [0.25, 0.3) is 11.6 Å². The fourth-order valence-electron chi connectivity index (χ4n) is 2.59. The highest BCUT2D eigenvalue weighted by Gasteiger charge is 2.31. The van der Waals surface area contributed by atoms with E-state index in [1.54, 1.807) is 6.92 Å². The maximum atomic E-state index is 12.5. The molecule has 23 heavy (non-hydrogen) atoms. The van der Waals surface area contributed by atoms with E-state index in [2.05, 4.69) is 0 Å². The molecule has 0 bridgehead atoms. The SMILES string of the molecule is CCOC(=O)C1CCN(C(=O)c2cc(Cl)ccc2[N+](=O)[O-])CC1. The summed E-state index contributed by atoms with van der Waals surface area (Å²) in [5.41, 5.74) is -0.302. The number of nitrogens with zero attached hydrogens (tertiary/aromatic N) is 2. The van der Waals surface area contributed by atoms with E-state index in [0.29, 0.717) is 32.5 Å². The highest BCUT2D eigenvalue weighted by atomic mass is 35.5. The lowest BCUT2D eigenvalue weighted by atomic mass is 9.96. The molecule has 0 aliphatic carbocycles. The van der Waals surface area contributed by atoms with Crippen LogP contribution in [0.3, 0.4) is 0 Å². The average Bonchev–Trinajstić information content (AvgIpc) is 2.54. The molecular weight excluding hydrogens is 324 g/mol. The molecule has 0 radical (unpaired) electrons. The summed E-state index contributed by atoms with van der Waals surface area (Å²) in [6.45, 7) is 2.78. The molecule has 1 aliphatic rings. The van der Waals surface area contributed by atoms with Gasteiger partial charge in [-0.3, -0.25) is 19.7 Å². The second-order valence-corrected chi connectivity index (χ2v) is 5.67. The first kappa shape index (κ1) is 17.2. The molecule has 124 valence electrons. The number of hydrogen-bond donors (Lipinski definition) is 0. The lowest BCUT2D eigenvalue weighted by molar-refractivity contribution is -0.385. The van der Waals surface area contributed by atoms with Gasteiger partial charge in [0, 0.05) is 24.2 Å². The number of nitro benzene ring substituents is 1. The number of benzene rings is 1. The van der Waals surface area contributed by atoms with Crippen molar-refractivity contribution in [3.8, 4) is 0 Å². The maximum absolute atomic E-state index is 12.5. The Hall–Kier alpha value is -2.15. The summed E-state index contributed by atoms with van der Waals surface area (Å²) >= 11 is 5.85. The van der Waals surface area contributed by atoms with E-state index in [4.69, 9.17) is 16.3 Å². The van der Waals surface area contributed by atoms with Gasteiger partial charge < -0.3 is 9.64 Å².